The molecule has 0 saturated heterocycles. The van der Waals surface area contributed by atoms with Gasteiger partial charge in [0, 0.05) is 5.56 Å². The number of nitrogens with two attached hydrogens (primary N) is 1. The second kappa shape index (κ2) is 3.49. The number of halogens is 1. The van der Waals surface area contributed by atoms with Crippen LogP contribution in [0.4, 0.5) is 10.2 Å². The van der Waals surface area contributed by atoms with E-state index >= 15 is 0 Å². The predicted octanol–water partition coefficient (Wildman–Crippen LogP) is 2.13. The van der Waals surface area contributed by atoms with Crippen LogP contribution in [0.3, 0.4) is 0 Å². The standard InChI is InChI=1S/C10H10FN3/c11-5-7-1-3-8(4-2-7)9-6-13-14-10(9)12/h1-4,6H,5H2,(H3,12,13,14). The fourth-order valence-corrected chi connectivity index (χ4v) is 1.30. The summed E-state index contributed by atoms with van der Waals surface area (Å²) in [4.78, 5) is 0. The van der Waals surface area contributed by atoms with Crippen LogP contribution in [-0.4, -0.2) is 10.2 Å². The first-order chi connectivity index (χ1) is 6.81. The van der Waals surface area contributed by atoms with Crippen molar-refractivity contribution in [1.29, 1.82) is 0 Å². The first-order valence-corrected chi connectivity index (χ1v) is 4.25. The number of hydrogen-bond acceptors (Lipinski definition) is 2. The van der Waals surface area contributed by atoms with Gasteiger partial charge in [-0.05, 0) is 11.1 Å². The third kappa shape index (κ3) is 1.46. The summed E-state index contributed by atoms with van der Waals surface area (Å²) in [6.07, 6.45) is 1.65. The Morgan fingerprint density at radius 2 is 2.00 bits per heavy atom. The molecule has 1 aromatic carbocycles. The van der Waals surface area contributed by atoms with Crippen LogP contribution in [0, 0.1) is 0 Å². The van der Waals surface area contributed by atoms with Crippen molar-refractivity contribution >= 4 is 5.82 Å². The summed E-state index contributed by atoms with van der Waals surface area (Å²) in [6.45, 7) is -0.443. The first kappa shape index (κ1) is 8.74. The maximum absolute atomic E-state index is 12.2. The maximum atomic E-state index is 12.2. The molecule has 1 aromatic heterocycles. The van der Waals surface area contributed by atoms with Crippen LogP contribution in [0.15, 0.2) is 30.5 Å². The van der Waals surface area contributed by atoms with E-state index in [1.165, 1.54) is 0 Å². The van der Waals surface area contributed by atoms with Gasteiger partial charge in [0.05, 0.1) is 6.20 Å². The molecule has 0 bridgehead atoms. The van der Waals surface area contributed by atoms with E-state index in [0.29, 0.717) is 11.4 Å². The Bertz CT molecular complexity index is 419. The number of nitrogens with zero attached hydrogens (tertiary/aromatic N) is 1. The number of nitrogen functional groups attached to an aromatic ring is 1. The van der Waals surface area contributed by atoms with Crippen LogP contribution in [0.25, 0.3) is 11.1 Å². The van der Waals surface area contributed by atoms with Crippen molar-refractivity contribution in [1.82, 2.24) is 10.2 Å². The molecule has 4 heteroatoms. The van der Waals surface area contributed by atoms with E-state index in [1.807, 2.05) is 12.1 Å². The highest BCUT2D eigenvalue weighted by atomic mass is 19.1. The minimum atomic E-state index is -0.443. The van der Waals surface area contributed by atoms with Crippen molar-refractivity contribution in [3.63, 3.8) is 0 Å². The molecule has 0 aliphatic carbocycles. The SMILES string of the molecule is Nc1[nH]ncc1-c1ccc(CF)cc1. The molecule has 0 spiro atoms. The summed E-state index contributed by atoms with van der Waals surface area (Å²) in [5.41, 5.74) is 8.10. The van der Waals surface area contributed by atoms with Crippen molar-refractivity contribution in [2.24, 2.45) is 0 Å². The first-order valence-electron chi connectivity index (χ1n) is 4.25. The monoisotopic (exact) mass is 191 g/mol. The summed E-state index contributed by atoms with van der Waals surface area (Å²) in [5, 5.41) is 6.47. The highest BCUT2D eigenvalue weighted by Crippen LogP contribution is 2.23. The fraction of sp³-hybridized carbons (Fsp3) is 0.100. The third-order valence-electron chi connectivity index (χ3n) is 2.09. The normalized spacial score (nSPS) is 10.4. The van der Waals surface area contributed by atoms with E-state index in [-0.39, 0.29) is 0 Å². The molecule has 0 aliphatic heterocycles. The van der Waals surface area contributed by atoms with E-state index in [2.05, 4.69) is 10.2 Å². The molecule has 1 heterocycles. The number of anilines is 1. The molecular weight excluding hydrogens is 181 g/mol. The van der Waals surface area contributed by atoms with Gasteiger partial charge >= 0.3 is 0 Å². The number of hydrogen-bond donors (Lipinski definition) is 2. The summed E-state index contributed by atoms with van der Waals surface area (Å²) in [7, 11) is 0. The van der Waals surface area contributed by atoms with Gasteiger partial charge in [-0.25, -0.2) is 4.39 Å². The zero-order valence-corrected chi connectivity index (χ0v) is 7.50. The lowest BCUT2D eigenvalue weighted by Gasteiger charge is -1.99. The average molecular weight is 191 g/mol. The van der Waals surface area contributed by atoms with E-state index in [4.69, 9.17) is 5.73 Å². The van der Waals surface area contributed by atoms with E-state index in [0.717, 1.165) is 11.1 Å². The Kier molecular flexibility index (Phi) is 2.18. The lowest BCUT2D eigenvalue weighted by Crippen LogP contribution is -1.87. The minimum absolute atomic E-state index is 0.443. The Hall–Kier alpha value is -1.84. The number of rotatable bonds is 2. The zero-order chi connectivity index (χ0) is 9.97. The van der Waals surface area contributed by atoms with Gasteiger partial charge in [-0.2, -0.15) is 5.10 Å². The second-order valence-corrected chi connectivity index (χ2v) is 3.03. The second-order valence-electron chi connectivity index (χ2n) is 3.03. The minimum Gasteiger partial charge on any atom is -0.384 e. The van der Waals surface area contributed by atoms with Gasteiger partial charge in [-0.3, -0.25) is 5.10 Å². The molecule has 2 rings (SSSR count). The summed E-state index contributed by atoms with van der Waals surface area (Å²) < 4.78 is 12.2. The number of benzene rings is 1. The third-order valence-corrected chi connectivity index (χ3v) is 2.09. The van der Waals surface area contributed by atoms with Crippen LogP contribution in [0.2, 0.25) is 0 Å². The van der Waals surface area contributed by atoms with Gasteiger partial charge in [0.15, 0.2) is 0 Å². The highest BCUT2D eigenvalue weighted by molar-refractivity contribution is 5.72. The van der Waals surface area contributed by atoms with Crippen LogP contribution in [0.1, 0.15) is 5.56 Å². The zero-order valence-electron chi connectivity index (χ0n) is 7.50. The van der Waals surface area contributed by atoms with E-state index in [1.54, 1.807) is 18.3 Å². The molecule has 0 atom stereocenters. The molecule has 0 aliphatic rings. The Labute approximate surface area is 80.8 Å². The lowest BCUT2D eigenvalue weighted by molar-refractivity contribution is 0.485. The number of nitrogens with one attached hydrogen (secondary N) is 1. The van der Waals surface area contributed by atoms with Gasteiger partial charge in [0.25, 0.3) is 0 Å². The van der Waals surface area contributed by atoms with Crippen LogP contribution in [-0.2, 0) is 6.67 Å². The predicted molar refractivity (Wildman–Crippen MR) is 53.2 cm³/mol. The smallest absolute Gasteiger partial charge is 0.126 e. The molecule has 0 radical (unpaired) electrons. The van der Waals surface area contributed by atoms with Gasteiger partial charge in [-0.1, -0.05) is 24.3 Å². The summed E-state index contributed by atoms with van der Waals surface area (Å²) in [6, 6.07) is 7.13. The maximum Gasteiger partial charge on any atom is 0.126 e. The van der Waals surface area contributed by atoms with Crippen molar-refractivity contribution in [3.05, 3.63) is 36.0 Å². The number of aromatic amines is 1. The molecule has 14 heavy (non-hydrogen) atoms. The number of H-pyrrole nitrogens is 1. The molecule has 72 valence electrons. The molecule has 2 aromatic rings. The van der Waals surface area contributed by atoms with E-state index in [9.17, 15) is 4.39 Å². The summed E-state index contributed by atoms with van der Waals surface area (Å²) >= 11 is 0. The average Bonchev–Trinajstić information content (AvgIpc) is 2.65. The molecule has 0 saturated carbocycles. The van der Waals surface area contributed by atoms with Gasteiger partial charge < -0.3 is 5.73 Å². The molecule has 0 amide bonds. The van der Waals surface area contributed by atoms with Gasteiger partial charge in [0.2, 0.25) is 0 Å². The quantitative estimate of drug-likeness (QED) is 0.764. The van der Waals surface area contributed by atoms with Gasteiger partial charge in [0.1, 0.15) is 12.5 Å². The topological polar surface area (TPSA) is 54.7 Å². The van der Waals surface area contributed by atoms with Gasteiger partial charge in [-0.15, -0.1) is 0 Å². The largest absolute Gasteiger partial charge is 0.384 e. The molecule has 3 nitrogen and oxygen atoms in total. The van der Waals surface area contributed by atoms with Crippen LogP contribution in [0.5, 0.6) is 0 Å². The Morgan fingerprint density at radius 3 is 2.50 bits per heavy atom. The number of alkyl halides is 1. The van der Waals surface area contributed by atoms with Crippen LogP contribution >= 0.6 is 0 Å². The summed E-state index contributed by atoms with van der Waals surface area (Å²) in [5.74, 6) is 0.526. The molecule has 3 N–H and O–H groups in total. The molecular formula is C10H10FN3. The lowest BCUT2D eigenvalue weighted by atomic mass is 10.1. The highest BCUT2D eigenvalue weighted by Gasteiger charge is 2.03. The van der Waals surface area contributed by atoms with E-state index < -0.39 is 6.67 Å². The van der Waals surface area contributed by atoms with Crippen molar-refractivity contribution in [3.8, 4) is 11.1 Å². The number of aromatic nitrogens is 2. The fourth-order valence-electron chi connectivity index (χ4n) is 1.30. The van der Waals surface area contributed by atoms with Crippen molar-refractivity contribution in [2.75, 3.05) is 5.73 Å². The Balaban J connectivity index is 2.39. The van der Waals surface area contributed by atoms with Crippen molar-refractivity contribution in [2.45, 2.75) is 6.67 Å². The Morgan fingerprint density at radius 1 is 1.29 bits per heavy atom. The molecule has 0 fully saturated rings. The van der Waals surface area contributed by atoms with Crippen molar-refractivity contribution < 1.29 is 4.39 Å². The van der Waals surface area contributed by atoms with Crippen LogP contribution < -0.4 is 5.73 Å². The molecule has 0 unspecified atom stereocenters.